The summed E-state index contributed by atoms with van der Waals surface area (Å²) in [5, 5.41) is 3.99. The molecule has 3 aromatic rings. The van der Waals surface area contributed by atoms with Gasteiger partial charge in [-0.05, 0) is 51.8 Å². The van der Waals surface area contributed by atoms with Crippen molar-refractivity contribution in [2.45, 2.75) is 58.1 Å². The molecule has 1 N–H and O–H groups in total. The monoisotopic (exact) mass is 517 g/mol. The van der Waals surface area contributed by atoms with Crippen molar-refractivity contribution in [1.29, 1.82) is 0 Å². The van der Waals surface area contributed by atoms with E-state index in [1.807, 2.05) is 37.5 Å². The standard InChI is InChI=1S/C28H35N7O3/c1-5-19-16-20-17-30-26(32-24(20)35(25(19)36)21-8-6-7-9-21)31-23-11-10-22(18-29-23)33-12-14-34(15-13-33)27(37)38-28(2,3)4/h5,10-11,16-18,21H,1,6-9,12-15H2,2-4H3,(H,29,30,31,32). The Morgan fingerprint density at radius 1 is 1.11 bits per heavy atom. The molecular formula is C28H35N7O3. The summed E-state index contributed by atoms with van der Waals surface area (Å²) in [5.41, 5.74) is 1.62. The molecule has 5 rings (SSSR count). The van der Waals surface area contributed by atoms with E-state index < -0.39 is 5.60 Å². The van der Waals surface area contributed by atoms with Gasteiger partial charge in [-0.1, -0.05) is 25.5 Å². The Morgan fingerprint density at radius 3 is 2.47 bits per heavy atom. The minimum absolute atomic E-state index is 0.0571. The number of nitrogens with zero attached hydrogens (tertiary/aromatic N) is 6. The first-order chi connectivity index (χ1) is 18.2. The Hall–Kier alpha value is -3.95. The molecule has 1 amide bonds. The van der Waals surface area contributed by atoms with Gasteiger partial charge in [0, 0.05) is 49.4 Å². The number of piperazine rings is 1. The zero-order valence-electron chi connectivity index (χ0n) is 22.3. The minimum Gasteiger partial charge on any atom is -0.444 e. The topological polar surface area (TPSA) is 105 Å². The molecule has 2 fully saturated rings. The van der Waals surface area contributed by atoms with Crippen LogP contribution in [0.5, 0.6) is 0 Å². The first kappa shape index (κ1) is 25.7. The zero-order valence-corrected chi connectivity index (χ0v) is 22.3. The third kappa shape index (κ3) is 5.49. The Balaban J connectivity index is 1.29. The van der Waals surface area contributed by atoms with Crippen molar-refractivity contribution >= 4 is 40.7 Å². The quantitative estimate of drug-likeness (QED) is 0.517. The maximum Gasteiger partial charge on any atom is 0.410 e. The maximum atomic E-state index is 13.1. The molecule has 4 heterocycles. The van der Waals surface area contributed by atoms with Crippen molar-refractivity contribution in [1.82, 2.24) is 24.4 Å². The molecule has 10 nitrogen and oxygen atoms in total. The van der Waals surface area contributed by atoms with Crippen LogP contribution in [-0.4, -0.2) is 62.3 Å². The zero-order chi connectivity index (χ0) is 26.9. The number of hydrogen-bond acceptors (Lipinski definition) is 8. The van der Waals surface area contributed by atoms with Gasteiger partial charge in [0.05, 0.1) is 11.9 Å². The molecule has 0 bridgehead atoms. The molecule has 0 spiro atoms. The van der Waals surface area contributed by atoms with Crippen molar-refractivity contribution in [2.75, 3.05) is 36.4 Å². The molecule has 0 atom stereocenters. The van der Waals surface area contributed by atoms with E-state index in [0.29, 0.717) is 49.2 Å². The van der Waals surface area contributed by atoms with E-state index in [9.17, 15) is 9.59 Å². The lowest BCUT2D eigenvalue weighted by atomic mass is 10.1. The largest absolute Gasteiger partial charge is 0.444 e. The van der Waals surface area contributed by atoms with Crippen molar-refractivity contribution < 1.29 is 9.53 Å². The van der Waals surface area contributed by atoms with Crippen molar-refractivity contribution in [3.63, 3.8) is 0 Å². The molecule has 3 aromatic heterocycles. The van der Waals surface area contributed by atoms with E-state index in [2.05, 4.69) is 26.8 Å². The van der Waals surface area contributed by atoms with Crippen LogP contribution >= 0.6 is 0 Å². The van der Waals surface area contributed by atoms with Crippen LogP contribution in [0.2, 0.25) is 0 Å². The SMILES string of the molecule is C=Cc1cc2cnc(Nc3ccc(N4CCN(C(=O)OC(C)(C)C)CC4)cn3)nc2n(C2CCCC2)c1=O. The Bertz CT molecular complexity index is 1380. The van der Waals surface area contributed by atoms with Crippen LogP contribution in [0.3, 0.4) is 0 Å². The van der Waals surface area contributed by atoms with Crippen LogP contribution in [0.4, 0.5) is 22.2 Å². The lowest BCUT2D eigenvalue weighted by Gasteiger charge is -2.36. The normalized spacial score (nSPS) is 16.6. The number of aromatic nitrogens is 4. The number of anilines is 3. The van der Waals surface area contributed by atoms with Crippen LogP contribution in [0.15, 0.2) is 42.0 Å². The summed E-state index contributed by atoms with van der Waals surface area (Å²) in [6.45, 7) is 12.0. The number of fused-ring (bicyclic) bond motifs is 1. The van der Waals surface area contributed by atoms with E-state index in [0.717, 1.165) is 36.8 Å². The molecule has 1 aliphatic heterocycles. The summed E-state index contributed by atoms with van der Waals surface area (Å²) in [4.78, 5) is 43.2. The summed E-state index contributed by atoms with van der Waals surface area (Å²) in [6.07, 6.45) is 9.03. The number of rotatable bonds is 5. The Labute approximate surface area is 222 Å². The first-order valence-electron chi connectivity index (χ1n) is 13.2. The van der Waals surface area contributed by atoms with Gasteiger partial charge >= 0.3 is 6.09 Å². The number of ether oxygens (including phenoxy) is 1. The fourth-order valence-electron chi connectivity index (χ4n) is 5.08. The van der Waals surface area contributed by atoms with Crippen molar-refractivity contribution in [3.05, 3.63) is 53.1 Å². The average molecular weight is 518 g/mol. The van der Waals surface area contributed by atoms with Gasteiger partial charge in [0.15, 0.2) is 0 Å². The predicted octanol–water partition coefficient (Wildman–Crippen LogP) is 4.75. The number of amides is 1. The van der Waals surface area contributed by atoms with Crippen LogP contribution < -0.4 is 15.8 Å². The fraction of sp³-hybridized carbons (Fsp3) is 0.464. The summed E-state index contributed by atoms with van der Waals surface area (Å²) in [6, 6.07) is 5.81. The summed E-state index contributed by atoms with van der Waals surface area (Å²) in [5.74, 6) is 0.999. The number of carbonyl (C=O) groups excluding carboxylic acids is 1. The Morgan fingerprint density at radius 2 is 1.84 bits per heavy atom. The molecule has 38 heavy (non-hydrogen) atoms. The molecular weight excluding hydrogens is 482 g/mol. The molecule has 0 radical (unpaired) electrons. The summed E-state index contributed by atoms with van der Waals surface area (Å²) >= 11 is 0. The molecule has 1 saturated heterocycles. The van der Waals surface area contributed by atoms with Crippen molar-refractivity contribution in [3.8, 4) is 0 Å². The average Bonchev–Trinajstić information content (AvgIpc) is 3.42. The van der Waals surface area contributed by atoms with Gasteiger partial charge in [0.25, 0.3) is 5.56 Å². The second kappa shape index (κ2) is 10.4. The minimum atomic E-state index is -0.502. The molecule has 0 aromatic carbocycles. The van der Waals surface area contributed by atoms with Crippen LogP contribution in [0.1, 0.15) is 58.1 Å². The highest BCUT2D eigenvalue weighted by Gasteiger charge is 2.26. The van der Waals surface area contributed by atoms with Gasteiger partial charge in [-0.3, -0.25) is 9.36 Å². The second-order valence-electron chi connectivity index (χ2n) is 10.9. The van der Waals surface area contributed by atoms with Gasteiger partial charge < -0.3 is 19.9 Å². The van der Waals surface area contributed by atoms with E-state index >= 15 is 0 Å². The van der Waals surface area contributed by atoms with Gasteiger partial charge in [0.1, 0.15) is 17.1 Å². The molecule has 0 unspecified atom stereocenters. The summed E-state index contributed by atoms with van der Waals surface area (Å²) < 4.78 is 7.30. The predicted molar refractivity (Wildman–Crippen MR) is 149 cm³/mol. The van der Waals surface area contributed by atoms with Crippen LogP contribution in [0.25, 0.3) is 17.1 Å². The lowest BCUT2D eigenvalue weighted by molar-refractivity contribution is 0.0240. The highest BCUT2D eigenvalue weighted by atomic mass is 16.6. The fourth-order valence-corrected chi connectivity index (χ4v) is 5.08. The summed E-state index contributed by atoms with van der Waals surface area (Å²) in [7, 11) is 0. The van der Waals surface area contributed by atoms with E-state index in [4.69, 9.17) is 9.72 Å². The second-order valence-corrected chi connectivity index (χ2v) is 10.9. The molecule has 2 aliphatic rings. The highest BCUT2D eigenvalue weighted by molar-refractivity contribution is 5.78. The first-order valence-corrected chi connectivity index (χ1v) is 13.2. The van der Waals surface area contributed by atoms with E-state index in [1.165, 1.54) is 0 Å². The van der Waals surface area contributed by atoms with Crippen LogP contribution in [0, 0.1) is 0 Å². The number of hydrogen-bond donors (Lipinski definition) is 1. The van der Waals surface area contributed by atoms with Crippen molar-refractivity contribution in [2.24, 2.45) is 0 Å². The van der Waals surface area contributed by atoms with Gasteiger partial charge in [0.2, 0.25) is 5.95 Å². The maximum absolute atomic E-state index is 13.1. The molecule has 10 heteroatoms. The smallest absolute Gasteiger partial charge is 0.410 e. The van der Waals surface area contributed by atoms with Gasteiger partial charge in [-0.25, -0.2) is 14.8 Å². The van der Waals surface area contributed by atoms with Gasteiger partial charge in [-0.15, -0.1) is 0 Å². The Kier molecular flexibility index (Phi) is 7.05. The molecule has 1 saturated carbocycles. The van der Waals surface area contributed by atoms with E-state index in [-0.39, 0.29) is 17.7 Å². The van der Waals surface area contributed by atoms with E-state index in [1.54, 1.807) is 29.4 Å². The third-order valence-electron chi connectivity index (χ3n) is 6.99. The molecule has 1 aliphatic carbocycles. The lowest BCUT2D eigenvalue weighted by Crippen LogP contribution is -2.50. The molecule has 200 valence electrons. The van der Waals surface area contributed by atoms with Crippen LogP contribution in [-0.2, 0) is 4.74 Å². The number of nitrogens with one attached hydrogen (secondary N) is 1. The third-order valence-corrected chi connectivity index (χ3v) is 6.99. The van der Waals surface area contributed by atoms with Gasteiger partial charge in [-0.2, -0.15) is 4.98 Å². The highest BCUT2D eigenvalue weighted by Crippen LogP contribution is 2.31. The number of carbonyl (C=O) groups is 1. The number of pyridine rings is 2.